The molecule has 0 aliphatic heterocycles. The van der Waals surface area contributed by atoms with E-state index < -0.39 is 0 Å². The van der Waals surface area contributed by atoms with E-state index in [0.717, 1.165) is 71.0 Å². The van der Waals surface area contributed by atoms with Crippen LogP contribution >= 0.6 is 0 Å². The molecular formula is C40H72. The maximum Gasteiger partial charge on any atom is -0.0324 e. The van der Waals surface area contributed by atoms with E-state index in [1.807, 2.05) is 0 Å². The first-order valence-electron chi connectivity index (χ1n) is 19.6. The Morgan fingerprint density at radius 3 is 1.80 bits per heavy atom. The molecule has 0 bridgehead atoms. The summed E-state index contributed by atoms with van der Waals surface area (Å²) in [5, 5.41) is 0. The van der Waals surface area contributed by atoms with Crippen LogP contribution in [0.1, 0.15) is 182 Å². The molecule has 0 spiro atoms. The van der Waals surface area contributed by atoms with Crippen LogP contribution in [0.3, 0.4) is 0 Å². The number of rotatable bonds is 8. The van der Waals surface area contributed by atoms with Gasteiger partial charge in [-0.2, -0.15) is 0 Å². The van der Waals surface area contributed by atoms with E-state index in [4.69, 9.17) is 0 Å². The van der Waals surface area contributed by atoms with Crippen LogP contribution in [0.2, 0.25) is 0 Å². The van der Waals surface area contributed by atoms with E-state index in [0.29, 0.717) is 0 Å². The van der Waals surface area contributed by atoms with Crippen LogP contribution in [0.4, 0.5) is 0 Å². The molecule has 40 heavy (non-hydrogen) atoms. The quantitative estimate of drug-likeness (QED) is 0.281. The van der Waals surface area contributed by atoms with Gasteiger partial charge in [0.15, 0.2) is 0 Å². The molecule has 0 amide bonds. The minimum Gasteiger partial charge on any atom is -0.0654 e. The lowest BCUT2D eigenvalue weighted by molar-refractivity contribution is -0.0107. The van der Waals surface area contributed by atoms with Crippen molar-refractivity contribution >= 4 is 0 Å². The molecule has 0 heteroatoms. The Labute approximate surface area is 252 Å². The van der Waals surface area contributed by atoms with Gasteiger partial charge in [0, 0.05) is 0 Å². The van der Waals surface area contributed by atoms with Crippen LogP contribution < -0.4 is 0 Å². The molecule has 0 radical (unpaired) electrons. The van der Waals surface area contributed by atoms with Gasteiger partial charge < -0.3 is 0 Å². The van der Waals surface area contributed by atoms with Gasteiger partial charge in [-0.3, -0.25) is 0 Å². The van der Waals surface area contributed by atoms with E-state index >= 15 is 0 Å². The third-order valence-electron chi connectivity index (χ3n) is 14.5. The second kappa shape index (κ2) is 15.6. The SMILES string of the molecule is CCC1CCC(CCC2CCC(C)CC2)CC1.CCCCC1C(C)CC2CCCC2C1C1CCC2CCCC2C1. The van der Waals surface area contributed by atoms with Crippen LogP contribution in [0.15, 0.2) is 0 Å². The van der Waals surface area contributed by atoms with Crippen molar-refractivity contribution in [3.8, 4) is 0 Å². The molecule has 6 aliphatic rings. The maximum absolute atomic E-state index is 2.63. The minimum absolute atomic E-state index is 1.02. The van der Waals surface area contributed by atoms with Crippen molar-refractivity contribution in [1.82, 2.24) is 0 Å². The second-order valence-electron chi connectivity index (χ2n) is 17.0. The molecule has 6 rings (SSSR count). The van der Waals surface area contributed by atoms with Gasteiger partial charge in [-0.1, -0.05) is 143 Å². The van der Waals surface area contributed by atoms with E-state index in [9.17, 15) is 0 Å². The van der Waals surface area contributed by atoms with Crippen LogP contribution in [0, 0.1) is 71.0 Å². The molecular weight excluding hydrogens is 480 g/mol. The number of fused-ring (bicyclic) bond motifs is 2. The van der Waals surface area contributed by atoms with Gasteiger partial charge in [-0.25, -0.2) is 0 Å². The van der Waals surface area contributed by atoms with E-state index in [2.05, 4.69) is 27.7 Å². The van der Waals surface area contributed by atoms with Gasteiger partial charge in [0.2, 0.25) is 0 Å². The van der Waals surface area contributed by atoms with Crippen LogP contribution in [0.5, 0.6) is 0 Å². The Morgan fingerprint density at radius 2 is 1.10 bits per heavy atom. The van der Waals surface area contributed by atoms with E-state index in [-0.39, 0.29) is 0 Å². The summed E-state index contributed by atoms with van der Waals surface area (Å²) in [4.78, 5) is 0. The highest BCUT2D eigenvalue weighted by atomic mass is 14.5. The first-order valence-corrected chi connectivity index (χ1v) is 19.6. The van der Waals surface area contributed by atoms with Crippen molar-refractivity contribution in [2.24, 2.45) is 71.0 Å². The van der Waals surface area contributed by atoms with Gasteiger partial charge in [-0.05, 0) is 110 Å². The second-order valence-corrected chi connectivity index (χ2v) is 17.0. The molecule has 8 unspecified atom stereocenters. The zero-order chi connectivity index (χ0) is 27.9. The van der Waals surface area contributed by atoms with Crippen molar-refractivity contribution in [3.05, 3.63) is 0 Å². The molecule has 6 saturated carbocycles. The van der Waals surface area contributed by atoms with Gasteiger partial charge in [-0.15, -0.1) is 0 Å². The molecule has 0 N–H and O–H groups in total. The lowest BCUT2D eigenvalue weighted by Crippen LogP contribution is -2.43. The van der Waals surface area contributed by atoms with Crippen LogP contribution in [-0.2, 0) is 0 Å². The number of hydrogen-bond acceptors (Lipinski definition) is 0. The monoisotopic (exact) mass is 553 g/mol. The zero-order valence-corrected chi connectivity index (χ0v) is 27.9. The molecule has 6 aliphatic carbocycles. The molecule has 8 atom stereocenters. The fourth-order valence-corrected chi connectivity index (χ4v) is 11.9. The van der Waals surface area contributed by atoms with E-state index in [1.54, 1.807) is 96.3 Å². The highest BCUT2D eigenvalue weighted by molar-refractivity contribution is 4.98. The smallest absolute Gasteiger partial charge is 0.0324 e. The summed E-state index contributed by atoms with van der Waals surface area (Å²) in [5.74, 6) is 13.2. The Bertz CT molecular complexity index is 693. The number of hydrogen-bond donors (Lipinski definition) is 0. The summed E-state index contributed by atoms with van der Waals surface area (Å²) in [7, 11) is 0. The minimum atomic E-state index is 1.02. The third kappa shape index (κ3) is 8.13. The predicted molar refractivity (Wildman–Crippen MR) is 175 cm³/mol. The van der Waals surface area contributed by atoms with Crippen molar-refractivity contribution in [3.63, 3.8) is 0 Å². The average Bonchev–Trinajstić information content (AvgIpc) is 3.65. The lowest BCUT2D eigenvalue weighted by Gasteiger charge is -2.50. The molecule has 232 valence electrons. The summed E-state index contributed by atoms with van der Waals surface area (Å²) in [6, 6.07) is 0. The van der Waals surface area contributed by atoms with Gasteiger partial charge in [0.1, 0.15) is 0 Å². The molecule has 0 saturated heterocycles. The highest BCUT2D eigenvalue weighted by Gasteiger charge is 2.49. The first-order chi connectivity index (χ1) is 19.6. The molecule has 0 aromatic rings. The fraction of sp³-hybridized carbons (Fsp3) is 1.00. The van der Waals surface area contributed by atoms with E-state index in [1.165, 1.54) is 57.8 Å². The van der Waals surface area contributed by atoms with Crippen molar-refractivity contribution < 1.29 is 0 Å². The summed E-state index contributed by atoms with van der Waals surface area (Å²) in [6.45, 7) is 9.82. The fourth-order valence-electron chi connectivity index (χ4n) is 11.9. The van der Waals surface area contributed by atoms with Crippen molar-refractivity contribution in [2.45, 2.75) is 182 Å². The van der Waals surface area contributed by atoms with Crippen molar-refractivity contribution in [1.29, 1.82) is 0 Å². The average molecular weight is 553 g/mol. The largest absolute Gasteiger partial charge is 0.0654 e. The molecule has 0 heterocycles. The van der Waals surface area contributed by atoms with Crippen LogP contribution in [0.25, 0.3) is 0 Å². The Balaban J connectivity index is 0.000000170. The topological polar surface area (TPSA) is 0 Å². The van der Waals surface area contributed by atoms with Gasteiger partial charge >= 0.3 is 0 Å². The molecule has 6 fully saturated rings. The highest BCUT2D eigenvalue weighted by Crippen LogP contribution is 2.58. The Kier molecular flexibility index (Phi) is 12.3. The van der Waals surface area contributed by atoms with Crippen LogP contribution in [-0.4, -0.2) is 0 Å². The standard InChI is InChI=1S/C23H40.C17H32/c1-3-4-10-21-16(2)14-19-9-6-11-22(19)23(21)20-13-12-17-7-5-8-18(17)15-20;1-3-15-8-10-17(11-9-15)13-12-16-6-4-14(2)5-7-16/h16-23H,3-15H2,1-2H3;14-17H,3-13H2,1-2H3. The van der Waals surface area contributed by atoms with Gasteiger partial charge in [0.05, 0.1) is 0 Å². The summed E-state index contributed by atoms with van der Waals surface area (Å²) in [6.07, 6.45) is 37.0. The molecule has 0 aromatic heterocycles. The summed E-state index contributed by atoms with van der Waals surface area (Å²) >= 11 is 0. The Morgan fingerprint density at radius 1 is 0.500 bits per heavy atom. The molecule has 0 nitrogen and oxygen atoms in total. The lowest BCUT2D eigenvalue weighted by atomic mass is 9.55. The summed E-state index contributed by atoms with van der Waals surface area (Å²) in [5.41, 5.74) is 0. The summed E-state index contributed by atoms with van der Waals surface area (Å²) < 4.78 is 0. The van der Waals surface area contributed by atoms with Crippen molar-refractivity contribution in [2.75, 3.05) is 0 Å². The third-order valence-corrected chi connectivity index (χ3v) is 14.5. The zero-order valence-electron chi connectivity index (χ0n) is 27.9. The maximum atomic E-state index is 2.63. The number of unbranched alkanes of at least 4 members (excludes halogenated alkanes) is 1. The molecule has 0 aromatic carbocycles. The Hall–Kier alpha value is 0. The normalized spacial score (nSPS) is 45.3. The first kappa shape index (κ1) is 31.4. The predicted octanol–water partition coefficient (Wildman–Crippen LogP) is 12.9. The van der Waals surface area contributed by atoms with Gasteiger partial charge in [0.25, 0.3) is 0 Å².